The SMILES string of the molecule is CCC(OC(C)=O)c1ccccc1N(c1ccccc1)c1ccc(-c2ccc(N(c3ccccc3)c3ccccc3)cc2)cc1. The Morgan fingerprint density at radius 1 is 0.511 bits per heavy atom. The van der Waals surface area contributed by atoms with Gasteiger partial charge in [0.15, 0.2) is 0 Å². The topological polar surface area (TPSA) is 32.8 Å². The zero-order chi connectivity index (χ0) is 31.0. The summed E-state index contributed by atoms with van der Waals surface area (Å²) in [6.07, 6.45) is 0.342. The minimum Gasteiger partial charge on any atom is -0.458 e. The second-order valence-electron chi connectivity index (χ2n) is 10.8. The molecule has 0 heterocycles. The van der Waals surface area contributed by atoms with Gasteiger partial charge < -0.3 is 14.5 Å². The lowest BCUT2D eigenvalue weighted by molar-refractivity contribution is -0.146. The summed E-state index contributed by atoms with van der Waals surface area (Å²) in [6, 6.07) is 56.7. The first-order chi connectivity index (χ1) is 22.1. The third-order valence-corrected chi connectivity index (χ3v) is 7.83. The minimum absolute atomic E-state index is 0.283. The van der Waals surface area contributed by atoms with Gasteiger partial charge in [0.1, 0.15) is 6.10 Å². The second-order valence-corrected chi connectivity index (χ2v) is 10.8. The normalized spacial score (nSPS) is 11.4. The lowest BCUT2D eigenvalue weighted by Crippen LogP contribution is -2.15. The summed E-state index contributed by atoms with van der Waals surface area (Å²) < 4.78 is 5.74. The van der Waals surface area contributed by atoms with Crippen LogP contribution < -0.4 is 9.80 Å². The number of carbonyl (C=O) groups excluding carboxylic acids is 1. The van der Waals surface area contributed by atoms with Crippen LogP contribution in [0.5, 0.6) is 0 Å². The molecule has 0 spiro atoms. The van der Waals surface area contributed by atoms with Gasteiger partial charge in [-0.2, -0.15) is 0 Å². The van der Waals surface area contributed by atoms with Crippen molar-refractivity contribution in [3.05, 3.63) is 169 Å². The van der Waals surface area contributed by atoms with Crippen molar-refractivity contribution in [3.63, 3.8) is 0 Å². The number of ether oxygens (including phenoxy) is 1. The number of anilines is 6. The first-order valence-corrected chi connectivity index (χ1v) is 15.3. The fraction of sp³-hybridized carbons (Fsp3) is 0.0976. The van der Waals surface area contributed by atoms with Gasteiger partial charge >= 0.3 is 5.97 Å². The molecule has 0 amide bonds. The van der Waals surface area contributed by atoms with E-state index in [-0.39, 0.29) is 12.1 Å². The lowest BCUT2D eigenvalue weighted by atomic mass is 10.0. The highest BCUT2D eigenvalue weighted by atomic mass is 16.5. The fourth-order valence-electron chi connectivity index (χ4n) is 5.74. The third-order valence-electron chi connectivity index (χ3n) is 7.83. The number of esters is 1. The predicted octanol–water partition coefficient (Wildman–Crippen LogP) is 11.3. The van der Waals surface area contributed by atoms with Crippen LogP contribution >= 0.6 is 0 Å². The maximum Gasteiger partial charge on any atom is 0.303 e. The first kappa shape index (κ1) is 29.5. The Morgan fingerprint density at radius 3 is 1.33 bits per heavy atom. The summed E-state index contributed by atoms with van der Waals surface area (Å²) >= 11 is 0. The van der Waals surface area contributed by atoms with Gasteiger partial charge in [-0.15, -0.1) is 0 Å². The fourth-order valence-corrected chi connectivity index (χ4v) is 5.74. The molecule has 0 saturated carbocycles. The second kappa shape index (κ2) is 13.8. The van der Waals surface area contributed by atoms with Crippen molar-refractivity contribution in [1.29, 1.82) is 0 Å². The molecule has 0 fully saturated rings. The van der Waals surface area contributed by atoms with Gasteiger partial charge in [-0.3, -0.25) is 4.79 Å². The number of nitrogens with zero attached hydrogens (tertiary/aromatic N) is 2. The molecule has 1 atom stereocenters. The molecule has 6 aromatic rings. The molecule has 4 nitrogen and oxygen atoms in total. The van der Waals surface area contributed by atoms with Crippen molar-refractivity contribution >= 4 is 40.1 Å². The summed E-state index contributed by atoms with van der Waals surface area (Å²) in [5.74, 6) is -0.283. The van der Waals surface area contributed by atoms with Crippen molar-refractivity contribution in [2.24, 2.45) is 0 Å². The van der Waals surface area contributed by atoms with Crippen LogP contribution in [0, 0.1) is 0 Å². The van der Waals surface area contributed by atoms with Crippen molar-refractivity contribution in [2.75, 3.05) is 9.80 Å². The largest absolute Gasteiger partial charge is 0.458 e. The zero-order valence-electron chi connectivity index (χ0n) is 25.6. The molecule has 4 heteroatoms. The number of benzene rings is 6. The van der Waals surface area contributed by atoms with Crippen LogP contribution in [-0.4, -0.2) is 5.97 Å². The van der Waals surface area contributed by atoms with Crippen LogP contribution in [0.15, 0.2) is 164 Å². The summed E-state index contributed by atoms with van der Waals surface area (Å²) in [6.45, 7) is 3.50. The molecule has 1 unspecified atom stereocenters. The van der Waals surface area contributed by atoms with Gasteiger partial charge in [-0.05, 0) is 84.3 Å². The number of hydrogen-bond donors (Lipinski definition) is 0. The Kier molecular flexibility index (Phi) is 9.03. The molecule has 0 aliphatic heterocycles. The van der Waals surface area contributed by atoms with Gasteiger partial charge in [-0.1, -0.05) is 104 Å². The van der Waals surface area contributed by atoms with E-state index in [0.29, 0.717) is 6.42 Å². The third kappa shape index (κ3) is 6.66. The maximum atomic E-state index is 11.9. The van der Waals surface area contributed by atoms with Crippen LogP contribution in [0.4, 0.5) is 34.1 Å². The van der Waals surface area contributed by atoms with Crippen LogP contribution in [0.1, 0.15) is 31.9 Å². The van der Waals surface area contributed by atoms with Gasteiger partial charge in [0.25, 0.3) is 0 Å². The average molecular weight is 589 g/mol. The van der Waals surface area contributed by atoms with Crippen LogP contribution in [0.25, 0.3) is 11.1 Å². The maximum absolute atomic E-state index is 11.9. The molecular formula is C41H36N2O2. The summed E-state index contributed by atoms with van der Waals surface area (Å²) in [5, 5.41) is 0. The minimum atomic E-state index is -0.339. The van der Waals surface area contributed by atoms with Crippen molar-refractivity contribution in [3.8, 4) is 11.1 Å². The van der Waals surface area contributed by atoms with Crippen molar-refractivity contribution < 1.29 is 9.53 Å². The van der Waals surface area contributed by atoms with Crippen LogP contribution in [-0.2, 0) is 9.53 Å². The molecule has 0 aromatic heterocycles. The highest BCUT2D eigenvalue weighted by Gasteiger charge is 2.22. The number of carbonyl (C=O) groups is 1. The van der Waals surface area contributed by atoms with E-state index in [4.69, 9.17) is 4.74 Å². The number of para-hydroxylation sites is 4. The Hall–Kier alpha value is -5.61. The first-order valence-electron chi connectivity index (χ1n) is 15.3. The lowest BCUT2D eigenvalue weighted by Gasteiger charge is -2.30. The van der Waals surface area contributed by atoms with Crippen molar-refractivity contribution in [2.45, 2.75) is 26.4 Å². The number of hydrogen-bond acceptors (Lipinski definition) is 4. The molecule has 0 N–H and O–H groups in total. The molecule has 6 aromatic carbocycles. The molecule has 222 valence electrons. The number of rotatable bonds is 10. The molecule has 0 saturated heterocycles. The Labute approximate surface area is 265 Å². The van der Waals surface area contributed by atoms with E-state index < -0.39 is 0 Å². The van der Waals surface area contributed by atoms with Gasteiger partial charge in [0.2, 0.25) is 0 Å². The Morgan fingerprint density at radius 2 is 0.889 bits per heavy atom. The average Bonchev–Trinajstić information content (AvgIpc) is 3.10. The van der Waals surface area contributed by atoms with Crippen LogP contribution in [0.2, 0.25) is 0 Å². The molecule has 6 rings (SSSR count). The van der Waals surface area contributed by atoms with Crippen molar-refractivity contribution in [1.82, 2.24) is 0 Å². The van der Waals surface area contributed by atoms with E-state index in [1.807, 2.05) is 55.5 Å². The molecule has 0 bridgehead atoms. The predicted molar refractivity (Wildman–Crippen MR) is 186 cm³/mol. The molecule has 0 aliphatic rings. The summed E-state index contributed by atoms with van der Waals surface area (Å²) in [5.41, 5.74) is 9.59. The van der Waals surface area contributed by atoms with E-state index in [2.05, 4.69) is 125 Å². The van der Waals surface area contributed by atoms with Gasteiger partial charge in [0.05, 0.1) is 5.69 Å². The van der Waals surface area contributed by atoms with Crippen LogP contribution in [0.3, 0.4) is 0 Å². The zero-order valence-corrected chi connectivity index (χ0v) is 25.6. The molecule has 45 heavy (non-hydrogen) atoms. The highest BCUT2D eigenvalue weighted by Crippen LogP contribution is 2.41. The quantitative estimate of drug-likeness (QED) is 0.149. The summed E-state index contributed by atoms with van der Waals surface area (Å²) in [4.78, 5) is 16.4. The van der Waals surface area contributed by atoms with E-state index in [0.717, 1.165) is 50.8 Å². The smallest absolute Gasteiger partial charge is 0.303 e. The molecular weight excluding hydrogens is 552 g/mol. The summed E-state index contributed by atoms with van der Waals surface area (Å²) in [7, 11) is 0. The van der Waals surface area contributed by atoms with E-state index in [9.17, 15) is 4.79 Å². The monoisotopic (exact) mass is 588 g/mol. The standard InChI is InChI=1S/C41H36N2O2/c1-3-41(45-31(2)44)39-21-13-14-22-40(39)43(36-19-11-6-12-20-36)38-29-25-33(26-30-38)32-23-27-37(28-24-32)42(34-15-7-4-8-16-34)35-17-9-5-10-18-35/h4-30,41H,3H2,1-2H3. The Balaban J connectivity index is 1.34. The Bertz CT molecular complexity index is 1780. The van der Waals surface area contributed by atoms with Gasteiger partial charge in [0, 0.05) is 40.9 Å². The molecule has 0 aliphatic carbocycles. The van der Waals surface area contributed by atoms with Gasteiger partial charge in [-0.25, -0.2) is 0 Å². The highest BCUT2D eigenvalue weighted by molar-refractivity contribution is 5.82. The van der Waals surface area contributed by atoms with E-state index >= 15 is 0 Å². The van der Waals surface area contributed by atoms with E-state index in [1.54, 1.807) is 0 Å². The molecule has 0 radical (unpaired) electrons. The van der Waals surface area contributed by atoms with E-state index in [1.165, 1.54) is 6.92 Å².